The van der Waals surface area contributed by atoms with Crippen molar-refractivity contribution in [3.63, 3.8) is 0 Å². The first-order valence-electron chi connectivity index (χ1n) is 8.02. The highest BCUT2D eigenvalue weighted by atomic mass is 16.6. The summed E-state index contributed by atoms with van der Waals surface area (Å²) in [5, 5.41) is 23.4. The molecule has 2 aromatic rings. The van der Waals surface area contributed by atoms with Gasteiger partial charge in [0.2, 0.25) is 5.82 Å². The number of hydrogen-bond donors (Lipinski definition) is 2. The Balaban J connectivity index is 1.88. The Bertz CT molecular complexity index is 816. The van der Waals surface area contributed by atoms with Gasteiger partial charge < -0.3 is 20.2 Å². The second kappa shape index (κ2) is 7.21. The average molecular weight is 358 g/mol. The predicted molar refractivity (Wildman–Crippen MR) is 94.8 cm³/mol. The van der Waals surface area contributed by atoms with Crippen LogP contribution in [0.3, 0.4) is 0 Å². The van der Waals surface area contributed by atoms with Crippen molar-refractivity contribution in [1.82, 2.24) is 14.9 Å². The van der Waals surface area contributed by atoms with Crippen LogP contribution >= 0.6 is 0 Å². The Hall–Kier alpha value is -3.43. The number of carbonyl (C=O) groups is 1. The lowest BCUT2D eigenvalue weighted by atomic mass is 10.2. The molecule has 1 fully saturated rings. The Morgan fingerprint density at radius 2 is 2.04 bits per heavy atom. The van der Waals surface area contributed by atoms with Crippen LogP contribution < -0.4 is 10.2 Å². The summed E-state index contributed by atoms with van der Waals surface area (Å²) in [6, 6.07) is 6.27. The quantitative estimate of drug-likeness (QED) is 0.630. The molecule has 10 nitrogen and oxygen atoms in total. The van der Waals surface area contributed by atoms with Gasteiger partial charge >= 0.3 is 11.8 Å². The molecule has 1 saturated heterocycles. The van der Waals surface area contributed by atoms with Gasteiger partial charge in [0.05, 0.1) is 4.92 Å². The Labute approximate surface area is 149 Å². The van der Waals surface area contributed by atoms with E-state index in [1.165, 1.54) is 11.0 Å². The number of rotatable bonds is 4. The van der Waals surface area contributed by atoms with Gasteiger partial charge in [0.1, 0.15) is 5.82 Å². The highest BCUT2D eigenvalue weighted by Crippen LogP contribution is 2.29. The van der Waals surface area contributed by atoms with Gasteiger partial charge in [-0.05, 0) is 25.1 Å². The SMILES string of the molecule is C[C@@H]1CN(C(=O)O)CCN1c1ccc([N+](=O)[O-])c(Nc2ccncc2)n1. The maximum atomic E-state index is 11.3. The number of carboxylic acid groups (broad SMARTS) is 1. The van der Waals surface area contributed by atoms with Crippen molar-refractivity contribution in [2.45, 2.75) is 13.0 Å². The third kappa shape index (κ3) is 3.63. The van der Waals surface area contributed by atoms with Gasteiger partial charge in [0, 0.05) is 49.8 Å². The van der Waals surface area contributed by atoms with E-state index >= 15 is 0 Å². The van der Waals surface area contributed by atoms with Crippen LogP contribution in [0.2, 0.25) is 0 Å². The molecule has 26 heavy (non-hydrogen) atoms. The highest BCUT2D eigenvalue weighted by Gasteiger charge is 2.28. The lowest BCUT2D eigenvalue weighted by molar-refractivity contribution is -0.384. The third-order valence-corrected chi connectivity index (χ3v) is 4.19. The lowest BCUT2D eigenvalue weighted by Crippen LogP contribution is -2.53. The van der Waals surface area contributed by atoms with E-state index in [1.54, 1.807) is 30.6 Å². The Morgan fingerprint density at radius 3 is 2.65 bits per heavy atom. The molecule has 10 heteroatoms. The molecule has 0 radical (unpaired) electrons. The molecule has 2 aromatic heterocycles. The fourth-order valence-corrected chi connectivity index (χ4v) is 2.88. The second-order valence-corrected chi connectivity index (χ2v) is 5.93. The molecule has 1 aliphatic rings. The van der Waals surface area contributed by atoms with Gasteiger partial charge in [-0.15, -0.1) is 0 Å². The summed E-state index contributed by atoms with van der Waals surface area (Å²) in [5.41, 5.74) is 0.499. The summed E-state index contributed by atoms with van der Waals surface area (Å²) in [7, 11) is 0. The molecule has 0 unspecified atom stereocenters. The zero-order chi connectivity index (χ0) is 18.7. The maximum absolute atomic E-state index is 11.3. The van der Waals surface area contributed by atoms with Crippen LogP contribution in [-0.2, 0) is 0 Å². The van der Waals surface area contributed by atoms with Crippen LogP contribution in [0.15, 0.2) is 36.7 Å². The predicted octanol–water partition coefficient (Wildman–Crippen LogP) is 2.32. The van der Waals surface area contributed by atoms with Crippen LogP contribution in [0.5, 0.6) is 0 Å². The third-order valence-electron chi connectivity index (χ3n) is 4.19. The summed E-state index contributed by atoms with van der Waals surface area (Å²) in [4.78, 5) is 33.6. The molecular weight excluding hydrogens is 340 g/mol. The molecule has 2 N–H and O–H groups in total. The van der Waals surface area contributed by atoms with E-state index in [0.29, 0.717) is 31.1 Å². The van der Waals surface area contributed by atoms with E-state index in [-0.39, 0.29) is 17.5 Å². The minimum atomic E-state index is -0.951. The van der Waals surface area contributed by atoms with Crippen molar-refractivity contribution in [1.29, 1.82) is 0 Å². The molecule has 0 aromatic carbocycles. The molecule has 0 saturated carbocycles. The van der Waals surface area contributed by atoms with Crippen LogP contribution in [0.4, 0.5) is 27.8 Å². The van der Waals surface area contributed by atoms with Gasteiger partial charge in [-0.1, -0.05) is 0 Å². The number of pyridine rings is 2. The van der Waals surface area contributed by atoms with Gasteiger partial charge in [-0.3, -0.25) is 15.1 Å². The van der Waals surface area contributed by atoms with E-state index in [1.807, 2.05) is 11.8 Å². The van der Waals surface area contributed by atoms with Crippen molar-refractivity contribution < 1.29 is 14.8 Å². The molecule has 3 heterocycles. The first kappa shape index (κ1) is 17.4. The number of nitrogens with zero attached hydrogens (tertiary/aromatic N) is 5. The normalized spacial score (nSPS) is 17.0. The molecule has 136 valence electrons. The first-order chi connectivity index (χ1) is 12.5. The van der Waals surface area contributed by atoms with Crippen LogP contribution in [0.25, 0.3) is 0 Å². The Morgan fingerprint density at radius 1 is 1.31 bits per heavy atom. The molecule has 1 atom stereocenters. The second-order valence-electron chi connectivity index (χ2n) is 5.93. The van der Waals surface area contributed by atoms with E-state index < -0.39 is 11.0 Å². The van der Waals surface area contributed by atoms with Gasteiger partial charge in [0.15, 0.2) is 0 Å². The number of piperazine rings is 1. The van der Waals surface area contributed by atoms with Crippen molar-refractivity contribution in [2.75, 3.05) is 29.9 Å². The van der Waals surface area contributed by atoms with Gasteiger partial charge in [0.25, 0.3) is 0 Å². The summed E-state index contributed by atoms with van der Waals surface area (Å²) in [6.07, 6.45) is 2.20. The van der Waals surface area contributed by atoms with Crippen LogP contribution in [0, 0.1) is 10.1 Å². The zero-order valence-corrected chi connectivity index (χ0v) is 14.1. The number of aromatic nitrogens is 2. The van der Waals surface area contributed by atoms with Crippen molar-refractivity contribution in [3.05, 3.63) is 46.8 Å². The van der Waals surface area contributed by atoms with E-state index in [0.717, 1.165) is 0 Å². The Kier molecular flexibility index (Phi) is 4.83. The fraction of sp³-hybridized carbons (Fsp3) is 0.312. The summed E-state index contributed by atoms with van der Waals surface area (Å²) < 4.78 is 0. The number of hydrogen-bond acceptors (Lipinski definition) is 7. The smallest absolute Gasteiger partial charge is 0.407 e. The van der Waals surface area contributed by atoms with E-state index in [2.05, 4.69) is 15.3 Å². The molecule has 1 aliphatic heterocycles. The molecule has 0 spiro atoms. The maximum Gasteiger partial charge on any atom is 0.407 e. The number of nitrogens with one attached hydrogen (secondary N) is 1. The van der Waals surface area contributed by atoms with Crippen molar-refractivity contribution in [3.8, 4) is 0 Å². The molecule has 0 bridgehead atoms. The number of amides is 1. The van der Waals surface area contributed by atoms with Crippen LogP contribution in [-0.4, -0.2) is 56.7 Å². The first-order valence-corrected chi connectivity index (χ1v) is 8.02. The topological polar surface area (TPSA) is 125 Å². The molecule has 1 amide bonds. The van der Waals surface area contributed by atoms with Gasteiger partial charge in [-0.2, -0.15) is 0 Å². The lowest BCUT2D eigenvalue weighted by Gasteiger charge is -2.39. The minimum Gasteiger partial charge on any atom is -0.465 e. The van der Waals surface area contributed by atoms with Crippen LogP contribution in [0.1, 0.15) is 6.92 Å². The molecule has 3 rings (SSSR count). The molecule has 0 aliphatic carbocycles. The minimum absolute atomic E-state index is 0.0948. The van der Waals surface area contributed by atoms with Gasteiger partial charge in [-0.25, -0.2) is 9.78 Å². The fourth-order valence-electron chi connectivity index (χ4n) is 2.88. The molecular formula is C16H18N6O4. The summed E-state index contributed by atoms with van der Waals surface area (Å²) in [5.74, 6) is 0.691. The average Bonchev–Trinajstić information content (AvgIpc) is 2.62. The summed E-state index contributed by atoms with van der Waals surface area (Å²) >= 11 is 0. The largest absolute Gasteiger partial charge is 0.465 e. The van der Waals surface area contributed by atoms with Crippen molar-refractivity contribution in [2.24, 2.45) is 0 Å². The van der Waals surface area contributed by atoms with E-state index in [4.69, 9.17) is 5.11 Å². The highest BCUT2D eigenvalue weighted by molar-refractivity contribution is 5.68. The van der Waals surface area contributed by atoms with Crippen molar-refractivity contribution >= 4 is 29.1 Å². The van der Waals surface area contributed by atoms with E-state index in [9.17, 15) is 14.9 Å². The number of anilines is 3. The monoisotopic (exact) mass is 358 g/mol. The summed E-state index contributed by atoms with van der Waals surface area (Å²) in [6.45, 7) is 3.06. The number of nitro groups is 1. The standard InChI is InChI=1S/C16H18N6O4/c1-11-10-20(16(23)24)8-9-21(11)14-3-2-13(22(25)26)15(19-14)18-12-4-6-17-7-5-12/h2-7,11H,8-10H2,1H3,(H,23,24)(H,17,18,19)/t11-/m1/s1. The zero-order valence-electron chi connectivity index (χ0n) is 14.1.